The maximum Gasteiger partial charge on any atom is 0.262 e. The molecule has 3 aromatic rings. The smallest absolute Gasteiger partial charge is 0.262 e. The molecule has 21 heavy (non-hydrogen) atoms. The van der Waals surface area contributed by atoms with Crippen molar-refractivity contribution < 1.29 is 9.26 Å². The zero-order valence-electron chi connectivity index (χ0n) is 11.4. The van der Waals surface area contributed by atoms with Crippen molar-refractivity contribution in [2.24, 2.45) is 0 Å². The Hall–Kier alpha value is -1.89. The summed E-state index contributed by atoms with van der Waals surface area (Å²) in [6, 6.07) is 15.6. The number of ether oxygens (including phenoxy) is 1. The highest BCUT2D eigenvalue weighted by Gasteiger charge is 2.14. The van der Waals surface area contributed by atoms with Gasteiger partial charge in [-0.3, -0.25) is 0 Å². The molecule has 0 saturated heterocycles. The van der Waals surface area contributed by atoms with Gasteiger partial charge in [-0.25, -0.2) is 0 Å². The average molecular weight is 392 g/mol. The molecule has 3 rings (SSSR count). The summed E-state index contributed by atoms with van der Waals surface area (Å²) < 4.78 is 12.1. The minimum Gasteiger partial charge on any atom is -0.493 e. The first kappa shape index (κ1) is 14.1. The molecule has 0 aliphatic carbocycles. The van der Waals surface area contributed by atoms with Gasteiger partial charge in [-0.2, -0.15) is 4.98 Å². The third-order valence-electron chi connectivity index (χ3n) is 2.95. The second-order valence-corrected chi connectivity index (χ2v) is 5.60. The first-order chi connectivity index (χ1) is 10.3. The Balaban J connectivity index is 1.97. The number of para-hydroxylation sites is 1. The summed E-state index contributed by atoms with van der Waals surface area (Å²) in [4.78, 5) is 4.46. The maximum absolute atomic E-state index is 5.59. The average Bonchev–Trinajstić information content (AvgIpc) is 2.99. The fourth-order valence-corrected chi connectivity index (χ4v) is 2.33. The predicted molar refractivity (Wildman–Crippen MR) is 89.1 cm³/mol. The Morgan fingerprint density at radius 2 is 1.86 bits per heavy atom. The van der Waals surface area contributed by atoms with Gasteiger partial charge < -0.3 is 9.26 Å². The molecule has 0 spiro atoms. The summed E-state index contributed by atoms with van der Waals surface area (Å²) in [5, 5.41) is 4.05. The summed E-state index contributed by atoms with van der Waals surface area (Å²) in [5.41, 5.74) is 1.74. The molecule has 5 heteroatoms. The monoisotopic (exact) mass is 392 g/mol. The topological polar surface area (TPSA) is 48.2 Å². The van der Waals surface area contributed by atoms with E-state index in [9.17, 15) is 0 Å². The van der Waals surface area contributed by atoms with Crippen LogP contribution >= 0.6 is 22.6 Å². The van der Waals surface area contributed by atoms with Gasteiger partial charge in [0.2, 0.25) is 5.82 Å². The van der Waals surface area contributed by atoms with Crippen molar-refractivity contribution in [2.45, 2.75) is 6.92 Å². The molecule has 0 bridgehead atoms. The molecule has 0 radical (unpaired) electrons. The Bertz CT molecular complexity index is 738. The highest BCUT2D eigenvalue weighted by Crippen LogP contribution is 2.30. The van der Waals surface area contributed by atoms with E-state index in [0.717, 1.165) is 16.9 Å². The molecule has 1 aromatic heterocycles. The molecule has 0 saturated carbocycles. The summed E-state index contributed by atoms with van der Waals surface area (Å²) in [6.07, 6.45) is 0. The molecule has 1 heterocycles. The van der Waals surface area contributed by atoms with Crippen LogP contribution in [0, 0.1) is 3.57 Å². The Morgan fingerprint density at radius 1 is 1.10 bits per heavy atom. The van der Waals surface area contributed by atoms with Gasteiger partial charge >= 0.3 is 0 Å². The van der Waals surface area contributed by atoms with E-state index in [4.69, 9.17) is 9.26 Å². The van der Waals surface area contributed by atoms with E-state index in [1.807, 2.05) is 55.5 Å². The minimum absolute atomic E-state index is 0.465. The van der Waals surface area contributed by atoms with Gasteiger partial charge in [0.25, 0.3) is 5.89 Å². The molecule has 0 aliphatic heterocycles. The van der Waals surface area contributed by atoms with Crippen LogP contribution in [0.4, 0.5) is 0 Å². The third-order valence-corrected chi connectivity index (χ3v) is 3.66. The zero-order valence-corrected chi connectivity index (χ0v) is 13.6. The number of hydrogen-bond donors (Lipinski definition) is 0. The highest BCUT2D eigenvalue weighted by atomic mass is 127. The molecule has 0 amide bonds. The number of aromatic nitrogens is 2. The van der Waals surface area contributed by atoms with Crippen molar-refractivity contribution in [2.75, 3.05) is 6.61 Å². The Morgan fingerprint density at radius 3 is 2.62 bits per heavy atom. The van der Waals surface area contributed by atoms with Gasteiger partial charge in [-0.05, 0) is 53.8 Å². The van der Waals surface area contributed by atoms with E-state index in [2.05, 4.69) is 32.7 Å². The van der Waals surface area contributed by atoms with Gasteiger partial charge in [-0.1, -0.05) is 29.4 Å². The van der Waals surface area contributed by atoms with Crippen LogP contribution < -0.4 is 4.74 Å². The van der Waals surface area contributed by atoms with Gasteiger partial charge in [0, 0.05) is 9.13 Å². The predicted octanol–water partition coefficient (Wildman–Crippen LogP) is 4.41. The van der Waals surface area contributed by atoms with E-state index in [1.165, 1.54) is 3.57 Å². The molecular weight excluding hydrogens is 379 g/mol. The minimum atomic E-state index is 0.465. The lowest BCUT2D eigenvalue weighted by Gasteiger charge is -2.05. The summed E-state index contributed by atoms with van der Waals surface area (Å²) >= 11 is 2.26. The van der Waals surface area contributed by atoms with E-state index in [0.29, 0.717) is 18.3 Å². The van der Waals surface area contributed by atoms with Crippen LogP contribution in [-0.4, -0.2) is 16.7 Å². The standard InChI is InChI=1S/C16H13IN2O2/c1-2-20-14-6-4-3-5-13(14)16-18-15(19-21-16)11-7-9-12(17)10-8-11/h3-10H,2H2,1H3. The molecule has 2 aromatic carbocycles. The fourth-order valence-electron chi connectivity index (χ4n) is 1.97. The van der Waals surface area contributed by atoms with E-state index in [1.54, 1.807) is 0 Å². The first-order valence-corrected chi connectivity index (χ1v) is 7.67. The quantitative estimate of drug-likeness (QED) is 0.618. The molecule has 0 aliphatic rings. The number of nitrogens with zero attached hydrogens (tertiary/aromatic N) is 2. The van der Waals surface area contributed by atoms with Crippen molar-refractivity contribution in [3.05, 3.63) is 52.1 Å². The summed E-state index contributed by atoms with van der Waals surface area (Å²) in [6.45, 7) is 2.54. The van der Waals surface area contributed by atoms with Gasteiger partial charge in [-0.15, -0.1) is 0 Å². The Labute approximate surface area is 136 Å². The number of rotatable bonds is 4. The van der Waals surface area contributed by atoms with Gasteiger partial charge in [0.1, 0.15) is 5.75 Å². The number of halogens is 1. The zero-order chi connectivity index (χ0) is 14.7. The van der Waals surface area contributed by atoms with Crippen molar-refractivity contribution in [1.82, 2.24) is 10.1 Å². The van der Waals surface area contributed by atoms with Crippen LogP contribution in [-0.2, 0) is 0 Å². The first-order valence-electron chi connectivity index (χ1n) is 6.60. The van der Waals surface area contributed by atoms with Crippen molar-refractivity contribution >= 4 is 22.6 Å². The van der Waals surface area contributed by atoms with Crippen molar-refractivity contribution in [3.8, 4) is 28.6 Å². The maximum atomic E-state index is 5.59. The molecule has 4 nitrogen and oxygen atoms in total. The molecule has 0 unspecified atom stereocenters. The second kappa shape index (κ2) is 6.26. The van der Waals surface area contributed by atoms with E-state index < -0.39 is 0 Å². The summed E-state index contributed by atoms with van der Waals surface area (Å²) in [5.74, 6) is 1.79. The molecule has 106 valence electrons. The largest absolute Gasteiger partial charge is 0.493 e. The number of benzene rings is 2. The SMILES string of the molecule is CCOc1ccccc1-c1nc(-c2ccc(I)cc2)no1. The van der Waals surface area contributed by atoms with Crippen molar-refractivity contribution in [3.63, 3.8) is 0 Å². The van der Waals surface area contributed by atoms with Crippen LogP contribution in [0.1, 0.15) is 6.92 Å². The lowest BCUT2D eigenvalue weighted by Crippen LogP contribution is -1.93. The Kier molecular flexibility index (Phi) is 4.19. The van der Waals surface area contributed by atoms with E-state index >= 15 is 0 Å². The van der Waals surface area contributed by atoms with Crippen LogP contribution in [0.3, 0.4) is 0 Å². The lowest BCUT2D eigenvalue weighted by atomic mass is 10.2. The lowest BCUT2D eigenvalue weighted by molar-refractivity contribution is 0.339. The van der Waals surface area contributed by atoms with E-state index in [-0.39, 0.29) is 0 Å². The number of hydrogen-bond acceptors (Lipinski definition) is 4. The fraction of sp³-hybridized carbons (Fsp3) is 0.125. The second-order valence-electron chi connectivity index (χ2n) is 4.36. The van der Waals surface area contributed by atoms with Crippen LogP contribution in [0.15, 0.2) is 53.1 Å². The normalized spacial score (nSPS) is 10.6. The molecule has 0 fully saturated rings. The van der Waals surface area contributed by atoms with Crippen LogP contribution in [0.2, 0.25) is 0 Å². The van der Waals surface area contributed by atoms with Crippen LogP contribution in [0.5, 0.6) is 5.75 Å². The molecule has 0 N–H and O–H groups in total. The van der Waals surface area contributed by atoms with Crippen molar-refractivity contribution in [1.29, 1.82) is 0 Å². The summed E-state index contributed by atoms with van der Waals surface area (Å²) in [7, 11) is 0. The van der Waals surface area contributed by atoms with Gasteiger partial charge in [0.15, 0.2) is 0 Å². The van der Waals surface area contributed by atoms with Crippen LogP contribution in [0.25, 0.3) is 22.8 Å². The third kappa shape index (κ3) is 3.07. The highest BCUT2D eigenvalue weighted by molar-refractivity contribution is 14.1. The molecular formula is C16H13IN2O2. The molecule has 0 atom stereocenters. The van der Waals surface area contributed by atoms with Gasteiger partial charge in [0.05, 0.1) is 12.2 Å².